The van der Waals surface area contributed by atoms with E-state index in [-0.39, 0.29) is 38.8 Å². The summed E-state index contributed by atoms with van der Waals surface area (Å²) in [7, 11) is -0.783. The van der Waals surface area contributed by atoms with Crippen molar-refractivity contribution in [1.82, 2.24) is 24.7 Å². The number of halogens is 6. The zero-order chi connectivity index (χ0) is 30.7. The molecule has 0 bridgehead atoms. The van der Waals surface area contributed by atoms with E-state index < -0.39 is 60.6 Å². The fourth-order valence-corrected chi connectivity index (χ4v) is 5.32. The first-order valence-electron chi connectivity index (χ1n) is 13.5. The Hall–Kier alpha value is -3.40. The van der Waals surface area contributed by atoms with Crippen molar-refractivity contribution in [1.29, 1.82) is 0 Å². The van der Waals surface area contributed by atoms with Gasteiger partial charge in [0.15, 0.2) is 5.67 Å². The molecule has 0 atom stereocenters. The van der Waals surface area contributed by atoms with Crippen LogP contribution in [0.25, 0.3) is 0 Å². The van der Waals surface area contributed by atoms with E-state index in [4.69, 9.17) is 0 Å². The molecule has 0 aliphatic carbocycles. The van der Waals surface area contributed by atoms with Gasteiger partial charge in [-0.1, -0.05) is 0 Å². The predicted molar refractivity (Wildman–Crippen MR) is 140 cm³/mol. The maximum Gasteiger partial charge on any atom is 0.471 e. The number of likely N-dealkylation sites (tertiary alicyclic amines) is 2. The highest BCUT2D eigenvalue weighted by Gasteiger charge is 2.48. The summed E-state index contributed by atoms with van der Waals surface area (Å²) in [6.45, 7) is 1.63. The number of piperidine rings is 2. The minimum absolute atomic E-state index is 0.0657. The van der Waals surface area contributed by atoms with Crippen molar-refractivity contribution >= 4 is 24.7 Å². The normalized spacial score (nSPS) is 18.0. The van der Waals surface area contributed by atoms with Gasteiger partial charge < -0.3 is 20.1 Å². The highest BCUT2D eigenvalue weighted by atomic mass is 19.4. The molecule has 4 heterocycles. The van der Waals surface area contributed by atoms with Crippen molar-refractivity contribution in [2.75, 3.05) is 31.4 Å². The Bertz CT molecular complexity index is 1270. The Morgan fingerprint density at radius 1 is 1.14 bits per heavy atom. The van der Waals surface area contributed by atoms with Gasteiger partial charge in [-0.3, -0.25) is 19.5 Å². The molecule has 2 aliphatic heterocycles. The third kappa shape index (κ3) is 7.71. The molecule has 2 aromatic heterocycles. The Kier molecular flexibility index (Phi) is 9.65. The van der Waals surface area contributed by atoms with Crippen molar-refractivity contribution in [3.8, 4) is 0 Å². The van der Waals surface area contributed by atoms with Crippen LogP contribution in [-0.4, -0.2) is 92.6 Å². The molecule has 16 heteroatoms. The molecular formula is C26H31BF6N6O3. The van der Waals surface area contributed by atoms with Crippen LogP contribution in [0.3, 0.4) is 0 Å². The average Bonchev–Trinajstić information content (AvgIpc) is 2.93. The van der Waals surface area contributed by atoms with Crippen LogP contribution in [0.2, 0.25) is 6.82 Å². The number of hydrogen-bond acceptors (Lipinski definition) is 7. The number of carbonyl (C=O) groups excluding carboxylic acids is 2. The van der Waals surface area contributed by atoms with E-state index in [1.807, 2.05) is 4.90 Å². The Morgan fingerprint density at radius 3 is 2.40 bits per heavy atom. The van der Waals surface area contributed by atoms with Crippen LogP contribution < -0.4 is 5.23 Å². The standard InChI is InChI=1S/C26H31BF6N6O3/c1-27(42)36-22-12-17(2-7-34-22)15-37-10-5-25(30,6-11-37)23(40)38-8-3-19(4-9-38)39(24(41)26(31,32)33)16-21-20(29)13-18(28)14-35-21/h2,7,12-14,19,42H,3-6,8-11,15-16H2,1H3,(H,34,36). The second kappa shape index (κ2) is 12.9. The highest BCUT2D eigenvalue weighted by molar-refractivity contribution is 6.52. The topological polar surface area (TPSA) is 102 Å². The molecule has 9 nitrogen and oxygen atoms in total. The number of aromatic nitrogens is 2. The molecular weight excluding hydrogens is 569 g/mol. The summed E-state index contributed by atoms with van der Waals surface area (Å²) in [6, 6.07) is 3.02. The van der Waals surface area contributed by atoms with Gasteiger partial charge in [-0.25, -0.2) is 18.2 Å². The van der Waals surface area contributed by atoms with Crippen LogP contribution in [0.4, 0.5) is 32.2 Å². The maximum atomic E-state index is 15.8. The fourth-order valence-electron chi connectivity index (χ4n) is 5.32. The molecule has 2 aliphatic rings. The molecule has 2 saturated heterocycles. The summed E-state index contributed by atoms with van der Waals surface area (Å²) in [6.07, 6.45) is -3.30. The van der Waals surface area contributed by atoms with Crippen LogP contribution in [-0.2, 0) is 22.7 Å². The Labute approximate surface area is 239 Å². The zero-order valence-corrected chi connectivity index (χ0v) is 22.9. The van der Waals surface area contributed by atoms with Crippen molar-refractivity contribution in [3.63, 3.8) is 0 Å². The monoisotopic (exact) mass is 600 g/mol. The maximum absolute atomic E-state index is 15.8. The fraction of sp³-hybridized carbons (Fsp3) is 0.538. The molecule has 0 spiro atoms. The number of rotatable bonds is 8. The number of anilines is 1. The third-order valence-electron chi connectivity index (χ3n) is 7.52. The van der Waals surface area contributed by atoms with E-state index in [1.165, 1.54) is 4.90 Å². The Balaban J connectivity index is 1.34. The van der Waals surface area contributed by atoms with Crippen LogP contribution >= 0.6 is 0 Å². The van der Waals surface area contributed by atoms with E-state index in [1.54, 1.807) is 25.2 Å². The molecule has 0 unspecified atom stereocenters. The third-order valence-corrected chi connectivity index (χ3v) is 7.52. The number of carbonyl (C=O) groups is 2. The number of amides is 2. The highest BCUT2D eigenvalue weighted by Crippen LogP contribution is 2.32. The summed E-state index contributed by atoms with van der Waals surface area (Å²) in [5, 5.41) is 12.3. The first-order chi connectivity index (χ1) is 19.7. The van der Waals surface area contributed by atoms with Crippen molar-refractivity contribution in [3.05, 3.63) is 53.5 Å². The molecule has 0 saturated carbocycles. The summed E-state index contributed by atoms with van der Waals surface area (Å²) in [5.41, 5.74) is -1.77. The summed E-state index contributed by atoms with van der Waals surface area (Å²) in [5.74, 6) is -4.65. The van der Waals surface area contributed by atoms with E-state index in [0.29, 0.717) is 42.6 Å². The Morgan fingerprint density at radius 2 is 1.81 bits per heavy atom. The van der Waals surface area contributed by atoms with Crippen LogP contribution in [0, 0.1) is 11.6 Å². The van der Waals surface area contributed by atoms with Gasteiger partial charge >= 0.3 is 19.1 Å². The number of pyridine rings is 2. The van der Waals surface area contributed by atoms with E-state index >= 15 is 4.39 Å². The average molecular weight is 600 g/mol. The minimum Gasteiger partial charge on any atom is -0.433 e. The van der Waals surface area contributed by atoms with Crippen molar-refractivity contribution in [2.24, 2.45) is 0 Å². The molecule has 228 valence electrons. The largest absolute Gasteiger partial charge is 0.471 e. The van der Waals surface area contributed by atoms with E-state index in [2.05, 4.69) is 15.2 Å². The van der Waals surface area contributed by atoms with Crippen molar-refractivity contribution in [2.45, 2.75) is 63.5 Å². The van der Waals surface area contributed by atoms with Gasteiger partial charge in [-0.05, 0) is 37.4 Å². The lowest BCUT2D eigenvalue weighted by Gasteiger charge is -2.42. The molecule has 4 rings (SSSR count). The SMILES string of the molecule is CB(O)Nc1cc(CN2CCC(F)(C(=O)N3CCC(N(Cc4ncc(F)cc4F)C(=O)C(F)(F)F)CC3)CC2)ccn1. The van der Waals surface area contributed by atoms with Gasteiger partial charge in [-0.15, -0.1) is 0 Å². The second-order valence-corrected chi connectivity index (χ2v) is 10.6. The molecule has 2 fully saturated rings. The number of hydrogen-bond donors (Lipinski definition) is 2. The lowest BCUT2D eigenvalue weighted by molar-refractivity contribution is -0.189. The number of nitrogens with one attached hydrogen (secondary N) is 1. The molecule has 2 N–H and O–H groups in total. The van der Waals surface area contributed by atoms with Crippen LogP contribution in [0.15, 0.2) is 30.6 Å². The summed E-state index contributed by atoms with van der Waals surface area (Å²) < 4.78 is 83.2. The predicted octanol–water partition coefficient (Wildman–Crippen LogP) is 3.16. The smallest absolute Gasteiger partial charge is 0.433 e. The first kappa shape index (κ1) is 31.5. The van der Waals surface area contributed by atoms with Gasteiger partial charge in [0, 0.05) is 63.9 Å². The van der Waals surface area contributed by atoms with Gasteiger partial charge in [0.2, 0.25) is 0 Å². The van der Waals surface area contributed by atoms with E-state index in [9.17, 15) is 36.6 Å². The molecule has 0 radical (unpaired) electrons. The lowest BCUT2D eigenvalue weighted by atomic mass is 9.89. The number of nitrogens with zero attached hydrogens (tertiary/aromatic N) is 5. The van der Waals surface area contributed by atoms with Crippen molar-refractivity contribution < 1.29 is 41.0 Å². The van der Waals surface area contributed by atoms with Crippen LogP contribution in [0.5, 0.6) is 0 Å². The summed E-state index contributed by atoms with van der Waals surface area (Å²) >= 11 is 0. The molecule has 2 aromatic rings. The first-order valence-corrected chi connectivity index (χ1v) is 13.5. The lowest BCUT2D eigenvalue weighted by Crippen LogP contribution is -2.56. The zero-order valence-electron chi connectivity index (χ0n) is 22.9. The van der Waals surface area contributed by atoms with Gasteiger partial charge in [0.25, 0.3) is 5.91 Å². The summed E-state index contributed by atoms with van der Waals surface area (Å²) in [4.78, 5) is 36.7. The molecule has 0 aromatic carbocycles. The van der Waals surface area contributed by atoms with E-state index in [0.717, 1.165) is 5.56 Å². The van der Waals surface area contributed by atoms with Crippen LogP contribution in [0.1, 0.15) is 36.9 Å². The number of alkyl halides is 4. The quantitative estimate of drug-likeness (QED) is 0.355. The second-order valence-electron chi connectivity index (χ2n) is 10.6. The molecule has 42 heavy (non-hydrogen) atoms. The molecule has 2 amide bonds. The van der Waals surface area contributed by atoms with Gasteiger partial charge in [0.1, 0.15) is 17.5 Å². The van der Waals surface area contributed by atoms with Gasteiger partial charge in [-0.2, -0.15) is 13.2 Å². The minimum atomic E-state index is -5.24. The van der Waals surface area contributed by atoms with Gasteiger partial charge in [0.05, 0.1) is 18.4 Å².